The van der Waals surface area contributed by atoms with Crippen LogP contribution in [0.1, 0.15) is 101 Å². The molecule has 142 valence electrons. The van der Waals surface area contributed by atoms with Crippen molar-refractivity contribution in [2.24, 2.45) is 0 Å². The Morgan fingerprint density at radius 3 is 1.92 bits per heavy atom. The standard InChI is InChI=1S/C22H35ClO2/c1-3-5-7-9-11-15-19(16-12-10-8-6-4-2)25-22(24)20-17-13-14-18-21(20)23/h13-14,17-19H,3-12,15-16H2,1-2H3. The Bertz CT molecular complexity index is 459. The minimum atomic E-state index is -0.280. The molecule has 0 N–H and O–H groups in total. The zero-order valence-electron chi connectivity index (χ0n) is 16.1. The van der Waals surface area contributed by atoms with Crippen LogP contribution in [0.3, 0.4) is 0 Å². The Hall–Kier alpha value is -1.02. The maximum Gasteiger partial charge on any atom is 0.339 e. The van der Waals surface area contributed by atoms with Gasteiger partial charge < -0.3 is 4.74 Å². The second-order valence-corrected chi connectivity index (χ2v) is 7.32. The van der Waals surface area contributed by atoms with Gasteiger partial charge in [0, 0.05) is 0 Å². The molecule has 2 nitrogen and oxygen atoms in total. The van der Waals surface area contributed by atoms with E-state index in [4.69, 9.17) is 16.3 Å². The van der Waals surface area contributed by atoms with Gasteiger partial charge in [-0.05, 0) is 37.8 Å². The number of unbranched alkanes of at least 4 members (excludes halogenated alkanes) is 8. The van der Waals surface area contributed by atoms with E-state index in [1.54, 1.807) is 12.1 Å². The Morgan fingerprint density at radius 2 is 1.40 bits per heavy atom. The Kier molecular flexibility index (Phi) is 12.5. The van der Waals surface area contributed by atoms with Gasteiger partial charge in [-0.3, -0.25) is 0 Å². The lowest BCUT2D eigenvalue weighted by molar-refractivity contribution is 0.0249. The summed E-state index contributed by atoms with van der Waals surface area (Å²) >= 11 is 6.12. The first-order chi connectivity index (χ1) is 12.2. The van der Waals surface area contributed by atoms with E-state index >= 15 is 0 Å². The number of ether oxygens (including phenoxy) is 1. The normalized spacial score (nSPS) is 11.0. The van der Waals surface area contributed by atoms with Gasteiger partial charge in [-0.1, -0.05) is 88.9 Å². The highest BCUT2D eigenvalue weighted by Gasteiger charge is 2.17. The zero-order chi connectivity index (χ0) is 18.3. The average molecular weight is 367 g/mol. The molecule has 0 saturated heterocycles. The van der Waals surface area contributed by atoms with E-state index in [1.807, 2.05) is 12.1 Å². The van der Waals surface area contributed by atoms with Gasteiger partial charge in [0.15, 0.2) is 0 Å². The second kappa shape index (κ2) is 14.2. The highest BCUT2D eigenvalue weighted by Crippen LogP contribution is 2.21. The third-order valence-corrected chi connectivity index (χ3v) is 4.96. The monoisotopic (exact) mass is 366 g/mol. The molecule has 0 aliphatic rings. The summed E-state index contributed by atoms with van der Waals surface area (Å²) in [7, 11) is 0. The Labute approximate surface area is 159 Å². The van der Waals surface area contributed by atoms with E-state index < -0.39 is 0 Å². The summed E-state index contributed by atoms with van der Waals surface area (Å²) in [6.07, 6.45) is 14.3. The van der Waals surface area contributed by atoms with Crippen LogP contribution in [0.5, 0.6) is 0 Å². The number of carbonyl (C=O) groups excluding carboxylic acids is 1. The second-order valence-electron chi connectivity index (χ2n) is 6.91. The Morgan fingerprint density at radius 1 is 0.880 bits per heavy atom. The summed E-state index contributed by atoms with van der Waals surface area (Å²) in [5.74, 6) is -0.280. The van der Waals surface area contributed by atoms with E-state index in [0.29, 0.717) is 10.6 Å². The van der Waals surface area contributed by atoms with Crippen molar-refractivity contribution in [3.05, 3.63) is 34.9 Å². The van der Waals surface area contributed by atoms with Crippen LogP contribution in [0.15, 0.2) is 24.3 Å². The fraction of sp³-hybridized carbons (Fsp3) is 0.682. The van der Waals surface area contributed by atoms with Crippen molar-refractivity contribution in [2.45, 2.75) is 97.0 Å². The van der Waals surface area contributed by atoms with Gasteiger partial charge >= 0.3 is 5.97 Å². The van der Waals surface area contributed by atoms with E-state index in [0.717, 1.165) is 25.7 Å². The molecular weight excluding hydrogens is 332 g/mol. The zero-order valence-corrected chi connectivity index (χ0v) is 16.8. The fourth-order valence-corrected chi connectivity index (χ4v) is 3.27. The molecule has 0 fully saturated rings. The van der Waals surface area contributed by atoms with E-state index in [9.17, 15) is 4.79 Å². The third-order valence-electron chi connectivity index (χ3n) is 4.63. The van der Waals surface area contributed by atoms with Crippen LogP contribution in [-0.2, 0) is 4.74 Å². The molecule has 0 radical (unpaired) electrons. The minimum Gasteiger partial charge on any atom is -0.459 e. The van der Waals surface area contributed by atoms with Gasteiger partial charge in [0.05, 0.1) is 10.6 Å². The molecule has 0 heterocycles. The van der Waals surface area contributed by atoms with E-state index in [-0.39, 0.29) is 12.1 Å². The highest BCUT2D eigenvalue weighted by atomic mass is 35.5. The first-order valence-electron chi connectivity index (χ1n) is 10.1. The lowest BCUT2D eigenvalue weighted by atomic mass is 10.0. The molecule has 0 unspecified atom stereocenters. The summed E-state index contributed by atoms with van der Waals surface area (Å²) in [6.45, 7) is 4.45. The molecule has 0 spiro atoms. The molecule has 0 bridgehead atoms. The van der Waals surface area contributed by atoms with E-state index in [1.165, 1.54) is 51.4 Å². The third kappa shape index (κ3) is 9.89. The van der Waals surface area contributed by atoms with Gasteiger partial charge in [0.2, 0.25) is 0 Å². The molecule has 0 aromatic heterocycles. The summed E-state index contributed by atoms with van der Waals surface area (Å²) in [5, 5.41) is 0.470. The lowest BCUT2D eigenvalue weighted by Gasteiger charge is -2.18. The molecule has 0 aliphatic carbocycles. The van der Waals surface area contributed by atoms with Crippen molar-refractivity contribution in [3.8, 4) is 0 Å². The number of carbonyl (C=O) groups is 1. The number of rotatable bonds is 14. The fourth-order valence-electron chi connectivity index (χ4n) is 3.05. The number of hydrogen-bond acceptors (Lipinski definition) is 2. The average Bonchev–Trinajstić information content (AvgIpc) is 2.61. The molecule has 0 amide bonds. The van der Waals surface area contributed by atoms with Crippen molar-refractivity contribution in [3.63, 3.8) is 0 Å². The van der Waals surface area contributed by atoms with Crippen LogP contribution in [0.2, 0.25) is 5.02 Å². The van der Waals surface area contributed by atoms with Crippen LogP contribution in [0.25, 0.3) is 0 Å². The van der Waals surface area contributed by atoms with E-state index in [2.05, 4.69) is 13.8 Å². The topological polar surface area (TPSA) is 26.3 Å². The highest BCUT2D eigenvalue weighted by molar-refractivity contribution is 6.33. The summed E-state index contributed by atoms with van der Waals surface area (Å²) in [4.78, 5) is 12.4. The molecule has 0 aliphatic heterocycles. The quantitative estimate of drug-likeness (QED) is 0.250. The molecule has 1 aromatic rings. The first-order valence-corrected chi connectivity index (χ1v) is 10.5. The predicted octanol–water partition coefficient (Wildman–Crippen LogP) is 7.59. The minimum absolute atomic E-state index is 0.0204. The van der Waals surface area contributed by atoms with Gasteiger partial charge in [-0.2, -0.15) is 0 Å². The smallest absolute Gasteiger partial charge is 0.339 e. The summed E-state index contributed by atoms with van der Waals surface area (Å²) in [6, 6.07) is 7.14. The van der Waals surface area contributed by atoms with Crippen LogP contribution >= 0.6 is 11.6 Å². The number of halogens is 1. The van der Waals surface area contributed by atoms with Crippen LogP contribution in [-0.4, -0.2) is 12.1 Å². The van der Waals surface area contributed by atoms with Gasteiger partial charge in [0.1, 0.15) is 6.10 Å². The number of esters is 1. The van der Waals surface area contributed by atoms with Crippen molar-refractivity contribution in [1.82, 2.24) is 0 Å². The van der Waals surface area contributed by atoms with Crippen molar-refractivity contribution >= 4 is 17.6 Å². The number of benzene rings is 1. The largest absolute Gasteiger partial charge is 0.459 e. The summed E-state index contributed by atoms with van der Waals surface area (Å²) in [5.41, 5.74) is 0.478. The molecular formula is C22H35ClO2. The predicted molar refractivity (Wildman–Crippen MR) is 107 cm³/mol. The lowest BCUT2D eigenvalue weighted by Crippen LogP contribution is -2.19. The molecule has 25 heavy (non-hydrogen) atoms. The molecule has 1 rings (SSSR count). The number of hydrogen-bond donors (Lipinski definition) is 0. The van der Waals surface area contributed by atoms with Crippen LogP contribution in [0.4, 0.5) is 0 Å². The van der Waals surface area contributed by atoms with Gasteiger partial charge in [0.25, 0.3) is 0 Å². The maximum absolute atomic E-state index is 12.4. The van der Waals surface area contributed by atoms with Crippen molar-refractivity contribution < 1.29 is 9.53 Å². The molecule has 1 aromatic carbocycles. The van der Waals surface area contributed by atoms with Crippen LogP contribution < -0.4 is 0 Å². The first kappa shape index (κ1) is 22.0. The van der Waals surface area contributed by atoms with Gasteiger partial charge in [-0.25, -0.2) is 4.79 Å². The SMILES string of the molecule is CCCCCCCC(CCCCCCC)OC(=O)c1ccccc1Cl. The summed E-state index contributed by atoms with van der Waals surface area (Å²) < 4.78 is 5.81. The molecule has 3 heteroatoms. The van der Waals surface area contributed by atoms with Crippen molar-refractivity contribution in [2.75, 3.05) is 0 Å². The molecule has 0 atom stereocenters. The Balaban J connectivity index is 2.47. The van der Waals surface area contributed by atoms with Crippen molar-refractivity contribution in [1.29, 1.82) is 0 Å². The van der Waals surface area contributed by atoms with Gasteiger partial charge in [-0.15, -0.1) is 0 Å². The van der Waals surface area contributed by atoms with Crippen LogP contribution in [0, 0.1) is 0 Å². The molecule has 0 saturated carbocycles. The maximum atomic E-state index is 12.4.